The molecule has 0 fully saturated rings. The first-order chi connectivity index (χ1) is 9.76. The minimum Gasteiger partial charge on any atom is -0.497 e. The van der Waals surface area contributed by atoms with Gasteiger partial charge in [0.15, 0.2) is 0 Å². The summed E-state index contributed by atoms with van der Waals surface area (Å²) in [6.07, 6.45) is 7.47. The van der Waals surface area contributed by atoms with Gasteiger partial charge in [-0.15, -0.1) is 0 Å². The van der Waals surface area contributed by atoms with Gasteiger partial charge >= 0.3 is 0 Å². The van der Waals surface area contributed by atoms with Crippen molar-refractivity contribution in [2.45, 2.75) is 39.7 Å². The maximum absolute atomic E-state index is 5.19. The summed E-state index contributed by atoms with van der Waals surface area (Å²) in [6, 6.07) is 8.24. The molecule has 0 N–H and O–H groups in total. The molecule has 0 saturated heterocycles. The minimum absolute atomic E-state index is 0.729. The number of benzene rings is 1. The fraction of sp³-hybridized carbons (Fsp3) is 0.471. The van der Waals surface area contributed by atoms with Gasteiger partial charge in [-0.3, -0.25) is 0 Å². The molecule has 3 heteroatoms. The van der Waals surface area contributed by atoms with Gasteiger partial charge in [0.1, 0.15) is 11.6 Å². The Labute approximate surface area is 121 Å². The molecule has 20 heavy (non-hydrogen) atoms. The SMILES string of the molecule is CCC(CC)Cc1nccn1Cc1ccc(OC)cc1. The molecule has 1 aromatic heterocycles. The van der Waals surface area contributed by atoms with Crippen molar-refractivity contribution in [2.24, 2.45) is 5.92 Å². The summed E-state index contributed by atoms with van der Waals surface area (Å²) >= 11 is 0. The fourth-order valence-corrected chi connectivity index (χ4v) is 2.44. The number of imidazole rings is 1. The van der Waals surface area contributed by atoms with E-state index in [0.717, 1.165) is 24.6 Å². The van der Waals surface area contributed by atoms with Crippen LogP contribution in [0.3, 0.4) is 0 Å². The largest absolute Gasteiger partial charge is 0.497 e. The van der Waals surface area contributed by atoms with Gasteiger partial charge in [0, 0.05) is 25.4 Å². The van der Waals surface area contributed by atoms with Crippen LogP contribution in [0.25, 0.3) is 0 Å². The van der Waals surface area contributed by atoms with Crippen molar-refractivity contribution < 1.29 is 4.74 Å². The highest BCUT2D eigenvalue weighted by atomic mass is 16.5. The lowest BCUT2D eigenvalue weighted by Crippen LogP contribution is -2.10. The molecule has 2 aromatic rings. The number of nitrogens with zero attached hydrogens (tertiary/aromatic N) is 2. The smallest absolute Gasteiger partial charge is 0.118 e. The van der Waals surface area contributed by atoms with E-state index in [4.69, 9.17) is 4.74 Å². The third-order valence-electron chi connectivity index (χ3n) is 3.94. The summed E-state index contributed by atoms with van der Waals surface area (Å²) in [6.45, 7) is 5.38. The van der Waals surface area contributed by atoms with Crippen molar-refractivity contribution in [3.05, 3.63) is 48.0 Å². The maximum atomic E-state index is 5.19. The number of ether oxygens (including phenoxy) is 1. The van der Waals surface area contributed by atoms with Crippen molar-refractivity contribution in [1.29, 1.82) is 0 Å². The predicted molar refractivity (Wildman–Crippen MR) is 82.1 cm³/mol. The highest BCUT2D eigenvalue weighted by Crippen LogP contribution is 2.17. The number of rotatable bonds is 7. The Morgan fingerprint density at radius 2 is 1.85 bits per heavy atom. The first kappa shape index (κ1) is 14.6. The second-order valence-electron chi connectivity index (χ2n) is 5.21. The van der Waals surface area contributed by atoms with Gasteiger partial charge in [0.25, 0.3) is 0 Å². The van der Waals surface area contributed by atoms with Crippen LogP contribution in [0.1, 0.15) is 38.1 Å². The molecule has 0 saturated carbocycles. The van der Waals surface area contributed by atoms with Crippen LogP contribution in [0, 0.1) is 5.92 Å². The third-order valence-corrected chi connectivity index (χ3v) is 3.94. The molecule has 0 aliphatic carbocycles. The van der Waals surface area contributed by atoms with Gasteiger partial charge in [-0.25, -0.2) is 4.98 Å². The second kappa shape index (κ2) is 7.13. The molecule has 3 nitrogen and oxygen atoms in total. The molecule has 1 heterocycles. The molecular weight excluding hydrogens is 248 g/mol. The standard InChI is InChI=1S/C17H24N2O/c1-4-14(5-2)12-17-18-10-11-19(17)13-15-6-8-16(20-3)9-7-15/h6-11,14H,4-5,12-13H2,1-3H3. The minimum atomic E-state index is 0.729. The van der Waals surface area contributed by atoms with Gasteiger partial charge in [0.2, 0.25) is 0 Å². The monoisotopic (exact) mass is 272 g/mol. The van der Waals surface area contributed by atoms with Gasteiger partial charge in [0.05, 0.1) is 7.11 Å². The van der Waals surface area contributed by atoms with Crippen LogP contribution in [-0.4, -0.2) is 16.7 Å². The highest BCUT2D eigenvalue weighted by Gasteiger charge is 2.10. The summed E-state index contributed by atoms with van der Waals surface area (Å²) in [5.41, 5.74) is 1.27. The van der Waals surface area contributed by atoms with Crippen LogP contribution in [0.5, 0.6) is 5.75 Å². The van der Waals surface area contributed by atoms with Gasteiger partial charge in [-0.05, 0) is 23.6 Å². The lowest BCUT2D eigenvalue weighted by molar-refractivity contribution is 0.414. The lowest BCUT2D eigenvalue weighted by Gasteiger charge is -2.14. The van der Waals surface area contributed by atoms with Crippen LogP contribution in [0.2, 0.25) is 0 Å². The van der Waals surface area contributed by atoms with Crippen molar-refractivity contribution in [1.82, 2.24) is 9.55 Å². The first-order valence-electron chi connectivity index (χ1n) is 7.39. The highest BCUT2D eigenvalue weighted by molar-refractivity contribution is 5.27. The summed E-state index contributed by atoms with van der Waals surface area (Å²) in [5.74, 6) is 2.82. The Balaban J connectivity index is 2.07. The Kier molecular flexibility index (Phi) is 5.22. The zero-order valence-electron chi connectivity index (χ0n) is 12.7. The average molecular weight is 272 g/mol. The zero-order chi connectivity index (χ0) is 14.4. The Bertz CT molecular complexity index is 512. The summed E-state index contributed by atoms with van der Waals surface area (Å²) < 4.78 is 7.44. The van der Waals surface area contributed by atoms with Crippen LogP contribution in [0.4, 0.5) is 0 Å². The number of hydrogen-bond acceptors (Lipinski definition) is 2. The molecule has 2 rings (SSSR count). The summed E-state index contributed by atoms with van der Waals surface area (Å²) in [5, 5.41) is 0. The molecule has 0 bridgehead atoms. The van der Waals surface area contributed by atoms with E-state index in [2.05, 4.69) is 41.7 Å². The molecule has 0 unspecified atom stereocenters. The van der Waals surface area contributed by atoms with Crippen LogP contribution in [0.15, 0.2) is 36.7 Å². The predicted octanol–water partition coefficient (Wildman–Crippen LogP) is 3.92. The van der Waals surface area contributed by atoms with E-state index in [0.29, 0.717) is 0 Å². The first-order valence-corrected chi connectivity index (χ1v) is 7.39. The summed E-state index contributed by atoms with van der Waals surface area (Å²) in [7, 11) is 1.69. The number of methoxy groups -OCH3 is 1. The van der Waals surface area contributed by atoms with Gasteiger partial charge < -0.3 is 9.30 Å². The number of aromatic nitrogens is 2. The normalized spacial score (nSPS) is 11.0. The molecule has 0 radical (unpaired) electrons. The third kappa shape index (κ3) is 3.62. The topological polar surface area (TPSA) is 27.1 Å². The Hall–Kier alpha value is -1.77. The fourth-order valence-electron chi connectivity index (χ4n) is 2.44. The molecule has 0 amide bonds. The molecule has 0 spiro atoms. The molecule has 1 aromatic carbocycles. The van der Waals surface area contributed by atoms with Crippen LogP contribution < -0.4 is 4.74 Å². The Morgan fingerprint density at radius 1 is 1.15 bits per heavy atom. The van der Waals surface area contributed by atoms with E-state index in [1.165, 1.54) is 24.2 Å². The average Bonchev–Trinajstić information content (AvgIpc) is 2.92. The van der Waals surface area contributed by atoms with Crippen molar-refractivity contribution >= 4 is 0 Å². The quantitative estimate of drug-likeness (QED) is 0.764. The molecule has 0 aliphatic heterocycles. The van der Waals surface area contributed by atoms with Crippen molar-refractivity contribution in [3.63, 3.8) is 0 Å². The number of hydrogen-bond donors (Lipinski definition) is 0. The molecular formula is C17H24N2O. The van der Waals surface area contributed by atoms with E-state index in [1.807, 2.05) is 18.3 Å². The van der Waals surface area contributed by atoms with E-state index in [9.17, 15) is 0 Å². The summed E-state index contributed by atoms with van der Waals surface area (Å²) in [4.78, 5) is 4.52. The van der Waals surface area contributed by atoms with E-state index >= 15 is 0 Å². The van der Waals surface area contributed by atoms with Crippen LogP contribution >= 0.6 is 0 Å². The van der Waals surface area contributed by atoms with Crippen molar-refractivity contribution in [2.75, 3.05) is 7.11 Å². The molecule has 108 valence electrons. The molecule has 0 atom stereocenters. The Morgan fingerprint density at radius 3 is 2.45 bits per heavy atom. The van der Waals surface area contributed by atoms with E-state index in [1.54, 1.807) is 7.11 Å². The zero-order valence-corrected chi connectivity index (χ0v) is 12.7. The van der Waals surface area contributed by atoms with E-state index < -0.39 is 0 Å². The van der Waals surface area contributed by atoms with Crippen molar-refractivity contribution in [3.8, 4) is 5.75 Å². The van der Waals surface area contributed by atoms with Gasteiger partial charge in [-0.1, -0.05) is 38.8 Å². The van der Waals surface area contributed by atoms with Gasteiger partial charge in [-0.2, -0.15) is 0 Å². The van der Waals surface area contributed by atoms with Crippen LogP contribution in [-0.2, 0) is 13.0 Å². The maximum Gasteiger partial charge on any atom is 0.118 e. The second-order valence-corrected chi connectivity index (χ2v) is 5.21. The lowest BCUT2D eigenvalue weighted by atomic mass is 9.99. The molecule has 0 aliphatic rings. The van der Waals surface area contributed by atoms with E-state index in [-0.39, 0.29) is 0 Å².